The molecule has 2 aliphatic heterocycles. The number of carbonyl (C=O) groups excluding carboxylic acids is 2. The maximum Gasteiger partial charge on any atom is 0.269 e. The summed E-state index contributed by atoms with van der Waals surface area (Å²) in [5, 5.41) is 10.9. The highest BCUT2D eigenvalue weighted by atomic mass is 32.2. The van der Waals surface area contributed by atoms with Crippen molar-refractivity contribution < 1.29 is 32.4 Å². The number of benzene rings is 3. The number of methoxy groups -OCH3 is 1. The van der Waals surface area contributed by atoms with Crippen LogP contribution in [0, 0.1) is 17.0 Å². The molecule has 2 aliphatic rings. The van der Waals surface area contributed by atoms with E-state index in [0.717, 1.165) is 5.69 Å². The molecule has 5 rings (SSSR count). The van der Waals surface area contributed by atoms with Crippen LogP contribution in [-0.4, -0.2) is 75.8 Å². The number of Topliss-reactive ketones (excluding diaryl/α,β-unsaturated/α-hetero) is 1. The minimum absolute atomic E-state index is 0.0214. The largest absolute Gasteiger partial charge is 0.495 e. The first-order chi connectivity index (χ1) is 19.6. The number of aryl methyl sites for hydroxylation is 1. The Bertz CT molecular complexity index is 1620. The van der Waals surface area contributed by atoms with E-state index >= 15 is 0 Å². The van der Waals surface area contributed by atoms with Crippen LogP contribution in [0.2, 0.25) is 0 Å². The second-order valence-corrected chi connectivity index (χ2v) is 11.6. The number of fused-ring (bicyclic) bond motifs is 1. The van der Waals surface area contributed by atoms with Crippen molar-refractivity contribution in [1.29, 1.82) is 0 Å². The van der Waals surface area contributed by atoms with E-state index in [4.69, 9.17) is 9.47 Å². The molecule has 0 bridgehead atoms. The molecule has 3 aromatic carbocycles. The Morgan fingerprint density at radius 3 is 2.37 bits per heavy atom. The number of rotatable bonds is 8. The zero-order valence-corrected chi connectivity index (χ0v) is 23.3. The van der Waals surface area contributed by atoms with Crippen LogP contribution in [0.4, 0.5) is 17.1 Å². The SMILES string of the molecule is COc1ccccc1N1CCN(S(=O)(=O)c2cc3c(cc2C)OCC(=O)N3CC(=O)c2ccc([N+](=O)[O-])cc2)CC1. The minimum atomic E-state index is -3.95. The molecule has 0 spiro atoms. The fourth-order valence-corrected chi connectivity index (χ4v) is 6.63. The molecule has 41 heavy (non-hydrogen) atoms. The van der Waals surface area contributed by atoms with Gasteiger partial charge in [-0.15, -0.1) is 0 Å². The molecule has 1 fully saturated rings. The van der Waals surface area contributed by atoms with Gasteiger partial charge in [-0.25, -0.2) is 8.42 Å². The molecule has 13 heteroatoms. The van der Waals surface area contributed by atoms with Crippen LogP contribution in [0.5, 0.6) is 11.5 Å². The number of piperazine rings is 1. The van der Waals surface area contributed by atoms with Crippen LogP contribution in [0.25, 0.3) is 0 Å². The van der Waals surface area contributed by atoms with Crippen molar-refractivity contribution in [2.24, 2.45) is 0 Å². The predicted molar refractivity (Wildman–Crippen MR) is 150 cm³/mol. The molecule has 214 valence electrons. The number of nitrogens with zero attached hydrogens (tertiary/aromatic N) is 4. The van der Waals surface area contributed by atoms with Crippen molar-refractivity contribution in [1.82, 2.24) is 4.31 Å². The Morgan fingerprint density at radius 1 is 1.02 bits per heavy atom. The fraction of sp³-hybridized carbons (Fsp3) is 0.286. The molecule has 0 aromatic heterocycles. The van der Waals surface area contributed by atoms with Gasteiger partial charge < -0.3 is 14.4 Å². The van der Waals surface area contributed by atoms with Gasteiger partial charge in [-0.2, -0.15) is 4.31 Å². The van der Waals surface area contributed by atoms with Crippen LogP contribution in [0.1, 0.15) is 15.9 Å². The van der Waals surface area contributed by atoms with Gasteiger partial charge in [-0.3, -0.25) is 24.6 Å². The highest BCUT2D eigenvalue weighted by Crippen LogP contribution is 2.38. The fourth-order valence-electron chi connectivity index (χ4n) is 4.98. The van der Waals surface area contributed by atoms with Gasteiger partial charge in [0.1, 0.15) is 11.5 Å². The first kappa shape index (κ1) is 28.1. The number of para-hydroxylation sites is 2. The van der Waals surface area contributed by atoms with E-state index in [2.05, 4.69) is 4.90 Å². The number of sulfonamides is 1. The van der Waals surface area contributed by atoms with Crippen LogP contribution in [-0.2, 0) is 14.8 Å². The lowest BCUT2D eigenvalue weighted by molar-refractivity contribution is -0.384. The monoisotopic (exact) mass is 580 g/mol. The van der Waals surface area contributed by atoms with Crippen molar-refractivity contribution in [3.05, 3.63) is 81.9 Å². The van der Waals surface area contributed by atoms with Gasteiger partial charge in [-0.05, 0) is 48.9 Å². The summed E-state index contributed by atoms with van der Waals surface area (Å²) < 4.78 is 40.0. The molecular weight excluding hydrogens is 552 g/mol. The van der Waals surface area contributed by atoms with E-state index < -0.39 is 26.6 Å². The van der Waals surface area contributed by atoms with E-state index in [0.29, 0.717) is 30.2 Å². The summed E-state index contributed by atoms with van der Waals surface area (Å²) in [6.45, 7) is 2.37. The normalized spacial score (nSPS) is 15.7. The highest BCUT2D eigenvalue weighted by molar-refractivity contribution is 7.89. The zero-order chi connectivity index (χ0) is 29.3. The van der Waals surface area contributed by atoms with Crippen molar-refractivity contribution in [2.45, 2.75) is 11.8 Å². The molecule has 0 radical (unpaired) electrons. The number of amides is 1. The lowest BCUT2D eigenvalue weighted by Crippen LogP contribution is -2.49. The Morgan fingerprint density at radius 2 is 1.71 bits per heavy atom. The summed E-state index contributed by atoms with van der Waals surface area (Å²) in [4.78, 5) is 39.5. The van der Waals surface area contributed by atoms with Crippen LogP contribution < -0.4 is 19.3 Å². The van der Waals surface area contributed by atoms with Crippen LogP contribution >= 0.6 is 0 Å². The minimum Gasteiger partial charge on any atom is -0.495 e. The summed E-state index contributed by atoms with van der Waals surface area (Å²) in [7, 11) is -2.36. The van der Waals surface area contributed by atoms with Gasteiger partial charge >= 0.3 is 0 Å². The van der Waals surface area contributed by atoms with Gasteiger partial charge in [0, 0.05) is 43.9 Å². The third-order valence-corrected chi connectivity index (χ3v) is 9.22. The van der Waals surface area contributed by atoms with E-state index in [1.165, 1.54) is 39.5 Å². The van der Waals surface area contributed by atoms with E-state index in [9.17, 15) is 28.1 Å². The molecule has 2 heterocycles. The van der Waals surface area contributed by atoms with E-state index in [-0.39, 0.29) is 48.1 Å². The third kappa shape index (κ3) is 5.45. The molecule has 0 unspecified atom stereocenters. The molecule has 1 saturated heterocycles. The Labute approximate surface area is 236 Å². The van der Waals surface area contributed by atoms with Gasteiger partial charge in [0.15, 0.2) is 12.4 Å². The maximum atomic E-state index is 13.8. The Balaban J connectivity index is 1.38. The van der Waals surface area contributed by atoms with Crippen molar-refractivity contribution in [2.75, 3.05) is 56.2 Å². The highest BCUT2D eigenvalue weighted by Gasteiger charge is 2.34. The second kappa shape index (κ2) is 11.2. The summed E-state index contributed by atoms with van der Waals surface area (Å²) in [6.07, 6.45) is 0. The average molecular weight is 581 g/mol. The first-order valence-electron chi connectivity index (χ1n) is 12.8. The number of ketones is 1. The lowest BCUT2D eigenvalue weighted by Gasteiger charge is -2.36. The molecule has 0 aliphatic carbocycles. The van der Waals surface area contributed by atoms with Gasteiger partial charge in [0.25, 0.3) is 11.6 Å². The molecular formula is C28H28N4O8S. The third-order valence-electron chi connectivity index (χ3n) is 7.18. The molecule has 0 atom stereocenters. The van der Waals surface area contributed by atoms with Crippen LogP contribution in [0.3, 0.4) is 0 Å². The number of hydrogen-bond acceptors (Lipinski definition) is 9. The van der Waals surface area contributed by atoms with Gasteiger partial charge in [0.2, 0.25) is 10.0 Å². The quantitative estimate of drug-likeness (QED) is 0.223. The van der Waals surface area contributed by atoms with Crippen molar-refractivity contribution in [3.63, 3.8) is 0 Å². The standard InChI is InChI=1S/C28H28N4O8S/c1-19-15-26-23(31(28(34)18-40-26)17-24(33)20-7-9-21(10-8-20)32(35)36)16-27(19)41(37,38)30-13-11-29(12-14-30)22-5-3-4-6-25(22)39-2/h3-10,15-16H,11-14,17-18H2,1-2H3. The molecule has 1 amide bonds. The molecule has 12 nitrogen and oxygen atoms in total. The van der Waals surface area contributed by atoms with Crippen molar-refractivity contribution in [3.8, 4) is 11.5 Å². The second-order valence-electron chi connectivity index (χ2n) is 9.64. The maximum absolute atomic E-state index is 13.8. The van der Waals surface area contributed by atoms with Gasteiger partial charge in [0.05, 0.1) is 34.8 Å². The lowest BCUT2D eigenvalue weighted by atomic mass is 10.1. The molecule has 0 saturated carbocycles. The summed E-state index contributed by atoms with van der Waals surface area (Å²) >= 11 is 0. The van der Waals surface area contributed by atoms with Gasteiger partial charge in [-0.1, -0.05) is 12.1 Å². The Kier molecular flexibility index (Phi) is 7.65. The number of ether oxygens (including phenoxy) is 2. The number of non-ortho nitro benzene ring substituents is 1. The number of nitro benzene ring substituents is 1. The Hall–Kier alpha value is -4.49. The summed E-state index contributed by atoms with van der Waals surface area (Å²) in [6, 6.07) is 15.6. The topological polar surface area (TPSA) is 140 Å². The predicted octanol–water partition coefficient (Wildman–Crippen LogP) is 3.03. The summed E-state index contributed by atoms with van der Waals surface area (Å²) in [5.41, 5.74) is 1.54. The number of anilines is 2. The van der Waals surface area contributed by atoms with E-state index in [1.54, 1.807) is 20.1 Å². The average Bonchev–Trinajstić information content (AvgIpc) is 2.98. The number of carbonyl (C=O) groups is 2. The zero-order valence-electron chi connectivity index (χ0n) is 22.5. The number of nitro groups is 1. The van der Waals surface area contributed by atoms with Crippen molar-refractivity contribution >= 4 is 38.8 Å². The smallest absolute Gasteiger partial charge is 0.269 e. The van der Waals surface area contributed by atoms with E-state index in [1.807, 2.05) is 24.3 Å². The number of hydrogen-bond donors (Lipinski definition) is 0. The molecule has 3 aromatic rings. The summed E-state index contributed by atoms with van der Waals surface area (Å²) in [5.74, 6) is 0.0323. The van der Waals surface area contributed by atoms with Crippen LogP contribution in [0.15, 0.2) is 65.6 Å². The molecule has 0 N–H and O–H groups in total. The first-order valence-corrected chi connectivity index (χ1v) is 14.3.